The topological polar surface area (TPSA) is 71.3 Å². The molecule has 0 atom stereocenters. The van der Waals surface area contributed by atoms with Crippen molar-refractivity contribution in [2.24, 2.45) is 0 Å². The van der Waals surface area contributed by atoms with Crippen LogP contribution in [0.4, 0.5) is 0 Å². The first-order chi connectivity index (χ1) is 9.53. The monoisotopic (exact) mass is 314 g/mol. The van der Waals surface area contributed by atoms with Crippen molar-refractivity contribution < 1.29 is 12.8 Å². The minimum Gasteiger partial charge on any atom is -0.468 e. The van der Waals surface area contributed by atoms with Gasteiger partial charge in [-0.15, -0.1) is 0 Å². The summed E-state index contributed by atoms with van der Waals surface area (Å²) in [6.07, 6.45) is 1.49. The van der Waals surface area contributed by atoms with Gasteiger partial charge < -0.3 is 9.73 Å². The Bertz CT molecular complexity index is 669. The smallest absolute Gasteiger partial charge is 0.242 e. The Morgan fingerprint density at radius 2 is 2.05 bits per heavy atom. The van der Waals surface area contributed by atoms with Crippen LogP contribution in [0.25, 0.3) is 0 Å². The van der Waals surface area contributed by atoms with Gasteiger partial charge in [0.2, 0.25) is 10.0 Å². The highest BCUT2D eigenvalue weighted by Crippen LogP contribution is 2.22. The van der Waals surface area contributed by atoms with Crippen LogP contribution in [-0.4, -0.2) is 15.5 Å². The molecule has 0 aliphatic carbocycles. The number of hydrogen-bond acceptors (Lipinski definition) is 4. The summed E-state index contributed by atoms with van der Waals surface area (Å²) in [5, 5.41) is 3.15. The SMILES string of the molecule is CNCc1ccc(Cl)c(S(=O)(=O)NCc2ccco2)c1. The molecule has 1 aromatic carbocycles. The van der Waals surface area contributed by atoms with Crippen LogP contribution in [0.1, 0.15) is 11.3 Å². The van der Waals surface area contributed by atoms with Gasteiger partial charge in [0, 0.05) is 6.54 Å². The zero-order valence-electron chi connectivity index (χ0n) is 10.9. The van der Waals surface area contributed by atoms with Crippen LogP contribution >= 0.6 is 11.6 Å². The molecule has 0 bridgehead atoms. The summed E-state index contributed by atoms with van der Waals surface area (Å²) in [6.45, 7) is 0.653. The van der Waals surface area contributed by atoms with Crippen molar-refractivity contribution in [3.63, 3.8) is 0 Å². The van der Waals surface area contributed by atoms with Crippen LogP contribution in [0.5, 0.6) is 0 Å². The van der Waals surface area contributed by atoms with Gasteiger partial charge in [-0.25, -0.2) is 13.1 Å². The Balaban J connectivity index is 2.21. The van der Waals surface area contributed by atoms with E-state index >= 15 is 0 Å². The average Bonchev–Trinajstić information content (AvgIpc) is 2.92. The lowest BCUT2D eigenvalue weighted by atomic mass is 10.2. The minimum atomic E-state index is -3.68. The minimum absolute atomic E-state index is 0.0680. The van der Waals surface area contributed by atoms with Gasteiger partial charge in [0.15, 0.2) is 0 Å². The Kier molecular flexibility index (Phi) is 4.82. The van der Waals surface area contributed by atoms with Crippen LogP contribution in [0, 0.1) is 0 Å². The van der Waals surface area contributed by atoms with Crippen molar-refractivity contribution >= 4 is 21.6 Å². The first-order valence-corrected chi connectivity index (χ1v) is 7.84. The first-order valence-electron chi connectivity index (χ1n) is 5.98. The van der Waals surface area contributed by atoms with E-state index in [4.69, 9.17) is 16.0 Å². The molecule has 0 unspecified atom stereocenters. The first kappa shape index (κ1) is 15.1. The summed E-state index contributed by atoms with van der Waals surface area (Å²) in [4.78, 5) is 0.0680. The maximum Gasteiger partial charge on any atom is 0.242 e. The largest absolute Gasteiger partial charge is 0.468 e. The van der Waals surface area contributed by atoms with Crippen molar-refractivity contribution in [2.75, 3.05) is 7.05 Å². The van der Waals surface area contributed by atoms with E-state index in [1.807, 2.05) is 0 Å². The van der Waals surface area contributed by atoms with Crippen LogP contribution in [-0.2, 0) is 23.1 Å². The number of nitrogens with one attached hydrogen (secondary N) is 2. The Labute approximate surface area is 123 Å². The van der Waals surface area contributed by atoms with E-state index in [1.54, 1.807) is 37.4 Å². The van der Waals surface area contributed by atoms with Crippen LogP contribution in [0.2, 0.25) is 5.02 Å². The zero-order chi connectivity index (χ0) is 14.6. The highest BCUT2D eigenvalue weighted by molar-refractivity contribution is 7.89. The molecule has 2 N–H and O–H groups in total. The third kappa shape index (κ3) is 3.61. The lowest BCUT2D eigenvalue weighted by Gasteiger charge is -2.09. The molecule has 108 valence electrons. The molecule has 0 saturated carbocycles. The fraction of sp³-hybridized carbons (Fsp3) is 0.231. The van der Waals surface area contributed by atoms with Crippen molar-refractivity contribution in [1.29, 1.82) is 0 Å². The molecule has 7 heteroatoms. The molecular weight excluding hydrogens is 300 g/mol. The van der Waals surface area contributed by atoms with Gasteiger partial charge in [0.05, 0.1) is 17.8 Å². The van der Waals surface area contributed by atoms with Gasteiger partial charge in [-0.2, -0.15) is 0 Å². The molecule has 0 saturated heterocycles. The lowest BCUT2D eigenvalue weighted by molar-refractivity contribution is 0.498. The van der Waals surface area contributed by atoms with E-state index in [-0.39, 0.29) is 16.5 Å². The highest BCUT2D eigenvalue weighted by atomic mass is 35.5. The predicted molar refractivity (Wildman–Crippen MR) is 76.9 cm³/mol. The number of furan rings is 1. The zero-order valence-corrected chi connectivity index (χ0v) is 12.5. The van der Waals surface area contributed by atoms with Crippen LogP contribution in [0.15, 0.2) is 45.9 Å². The van der Waals surface area contributed by atoms with Gasteiger partial charge in [0.1, 0.15) is 10.7 Å². The van der Waals surface area contributed by atoms with Gasteiger partial charge in [-0.3, -0.25) is 0 Å². The van der Waals surface area contributed by atoms with E-state index in [9.17, 15) is 8.42 Å². The normalized spacial score (nSPS) is 11.7. The second-order valence-electron chi connectivity index (χ2n) is 4.20. The molecule has 2 rings (SSSR count). The van der Waals surface area contributed by atoms with E-state index in [1.165, 1.54) is 6.26 Å². The maximum atomic E-state index is 12.2. The van der Waals surface area contributed by atoms with Gasteiger partial charge in [0.25, 0.3) is 0 Å². The molecule has 2 aromatic rings. The summed E-state index contributed by atoms with van der Waals surface area (Å²) in [5.41, 5.74) is 0.843. The molecule has 0 amide bonds. The van der Waals surface area contributed by atoms with Crippen molar-refractivity contribution in [2.45, 2.75) is 18.0 Å². The van der Waals surface area contributed by atoms with Crippen molar-refractivity contribution in [3.05, 3.63) is 52.9 Å². The van der Waals surface area contributed by atoms with Crippen molar-refractivity contribution in [1.82, 2.24) is 10.0 Å². The molecular formula is C13H15ClN2O3S. The van der Waals surface area contributed by atoms with Gasteiger partial charge >= 0.3 is 0 Å². The number of hydrogen-bond donors (Lipinski definition) is 2. The van der Waals surface area contributed by atoms with Gasteiger partial charge in [-0.1, -0.05) is 17.7 Å². The highest BCUT2D eigenvalue weighted by Gasteiger charge is 2.18. The number of benzene rings is 1. The second-order valence-corrected chi connectivity index (χ2v) is 6.34. The molecule has 0 spiro atoms. The van der Waals surface area contributed by atoms with E-state index in [0.717, 1.165) is 5.56 Å². The maximum absolute atomic E-state index is 12.2. The third-order valence-electron chi connectivity index (χ3n) is 2.68. The predicted octanol–water partition coefficient (Wildman–Crippen LogP) is 2.13. The van der Waals surface area contributed by atoms with Crippen molar-refractivity contribution in [3.8, 4) is 0 Å². The molecule has 1 aromatic heterocycles. The molecule has 1 heterocycles. The molecule has 5 nitrogen and oxygen atoms in total. The number of sulfonamides is 1. The standard InChI is InChI=1S/C13H15ClN2O3S/c1-15-8-10-4-5-12(14)13(7-10)20(17,18)16-9-11-3-2-6-19-11/h2-7,15-16H,8-9H2,1H3. The molecule has 20 heavy (non-hydrogen) atoms. The molecule has 0 fully saturated rings. The summed E-state index contributed by atoms with van der Waals surface area (Å²) < 4.78 is 32.0. The third-order valence-corrected chi connectivity index (χ3v) is 4.57. The van der Waals surface area contributed by atoms with Crippen LogP contribution in [0.3, 0.4) is 0 Å². The fourth-order valence-corrected chi connectivity index (χ4v) is 3.27. The van der Waals surface area contributed by atoms with E-state index < -0.39 is 10.0 Å². The summed E-state index contributed by atoms with van der Waals surface area (Å²) in [6, 6.07) is 8.31. The molecule has 0 radical (unpaired) electrons. The average molecular weight is 315 g/mol. The molecule has 0 aliphatic rings. The summed E-state index contributed by atoms with van der Waals surface area (Å²) >= 11 is 5.98. The summed E-state index contributed by atoms with van der Waals surface area (Å²) in [7, 11) is -1.89. The Morgan fingerprint density at radius 1 is 1.25 bits per heavy atom. The molecule has 0 aliphatic heterocycles. The van der Waals surface area contributed by atoms with E-state index in [0.29, 0.717) is 12.3 Å². The number of halogens is 1. The Morgan fingerprint density at radius 3 is 2.70 bits per heavy atom. The van der Waals surface area contributed by atoms with Crippen LogP contribution < -0.4 is 10.0 Å². The second kappa shape index (κ2) is 6.41. The number of rotatable bonds is 6. The van der Waals surface area contributed by atoms with Gasteiger partial charge in [-0.05, 0) is 36.9 Å². The summed E-state index contributed by atoms with van der Waals surface area (Å²) in [5.74, 6) is 0.538. The quantitative estimate of drug-likeness (QED) is 0.857. The lowest BCUT2D eigenvalue weighted by Crippen LogP contribution is -2.23. The Hall–Kier alpha value is -1.34. The fourth-order valence-electron chi connectivity index (χ4n) is 1.72. The van der Waals surface area contributed by atoms with E-state index in [2.05, 4.69) is 10.0 Å².